The van der Waals surface area contributed by atoms with E-state index in [4.69, 9.17) is 11.6 Å². The summed E-state index contributed by atoms with van der Waals surface area (Å²) in [6.07, 6.45) is 9.80. The monoisotopic (exact) mass is 475 g/mol. The van der Waals surface area contributed by atoms with Gasteiger partial charge in [0, 0.05) is 12.1 Å². The normalized spacial score (nSPS) is 22.5. The fourth-order valence-corrected chi connectivity index (χ4v) is 5.83. The van der Waals surface area contributed by atoms with Crippen molar-refractivity contribution in [3.8, 4) is 11.3 Å². The van der Waals surface area contributed by atoms with Crippen LogP contribution in [0.2, 0.25) is 5.02 Å². The van der Waals surface area contributed by atoms with E-state index in [1.807, 2.05) is 0 Å². The first-order chi connectivity index (χ1) is 14.7. The number of sulfonamides is 1. The van der Waals surface area contributed by atoms with Gasteiger partial charge in [-0.15, -0.1) is 0 Å². The molecule has 2 aromatic rings. The summed E-state index contributed by atoms with van der Waals surface area (Å²) in [4.78, 5) is 17.3. The van der Waals surface area contributed by atoms with Gasteiger partial charge in [-0.25, -0.2) is 13.4 Å². The Labute approximate surface area is 196 Å². The summed E-state index contributed by atoms with van der Waals surface area (Å²) >= 11 is 6.35. The molecular formula is C24H30ClN3O3S. The third-order valence-corrected chi connectivity index (χ3v) is 7.44. The number of nitrogens with one attached hydrogen (secondary N) is 2. The van der Waals surface area contributed by atoms with Crippen LogP contribution in [0.1, 0.15) is 55.3 Å². The molecule has 2 fully saturated rings. The first-order valence-electron chi connectivity index (χ1n) is 10.8. The number of benzene rings is 1. The molecule has 2 saturated carbocycles. The summed E-state index contributed by atoms with van der Waals surface area (Å²) in [5.41, 5.74) is 1.89. The number of pyridine rings is 1. The number of halogens is 1. The predicted octanol–water partition coefficient (Wildman–Crippen LogP) is 5.19. The molecule has 1 aromatic carbocycles. The van der Waals surface area contributed by atoms with Gasteiger partial charge in [0.1, 0.15) is 5.82 Å². The molecule has 2 aliphatic rings. The van der Waals surface area contributed by atoms with Crippen LogP contribution in [-0.4, -0.2) is 32.1 Å². The van der Waals surface area contributed by atoms with Gasteiger partial charge in [-0.1, -0.05) is 56.8 Å². The van der Waals surface area contributed by atoms with Crippen molar-refractivity contribution in [3.05, 3.63) is 54.4 Å². The lowest BCUT2D eigenvalue weighted by molar-refractivity contribution is 0.0682. The van der Waals surface area contributed by atoms with Gasteiger partial charge in [0.15, 0.2) is 0 Å². The third kappa shape index (κ3) is 5.81. The Kier molecular flexibility index (Phi) is 7.50. The molecule has 0 aliphatic heterocycles. The third-order valence-electron chi connectivity index (χ3n) is 6.53. The molecular weight excluding hydrogens is 446 g/mol. The Morgan fingerprint density at radius 1 is 1.19 bits per heavy atom. The second-order valence-corrected chi connectivity index (χ2v) is 11.2. The maximum Gasteiger partial charge on any atom is 0.252 e. The van der Waals surface area contributed by atoms with Gasteiger partial charge in [-0.3, -0.25) is 9.52 Å². The molecule has 172 valence electrons. The molecule has 2 radical (unpaired) electrons. The van der Waals surface area contributed by atoms with Crippen molar-refractivity contribution in [1.82, 2.24) is 10.3 Å². The first kappa shape index (κ1) is 24.5. The van der Waals surface area contributed by atoms with Gasteiger partial charge in [0.25, 0.3) is 5.91 Å². The van der Waals surface area contributed by atoms with Crippen LogP contribution in [0, 0.1) is 18.8 Å². The zero-order valence-corrected chi connectivity index (χ0v) is 19.9. The Morgan fingerprint density at radius 2 is 1.91 bits per heavy atom. The first-order valence-corrected chi connectivity index (χ1v) is 13.0. The van der Waals surface area contributed by atoms with Crippen molar-refractivity contribution in [2.24, 2.45) is 11.3 Å². The smallest absolute Gasteiger partial charge is 0.252 e. The van der Waals surface area contributed by atoms with E-state index < -0.39 is 10.0 Å². The van der Waals surface area contributed by atoms with E-state index in [9.17, 15) is 13.2 Å². The maximum absolute atomic E-state index is 13.0. The molecule has 0 atom stereocenters. The summed E-state index contributed by atoms with van der Waals surface area (Å²) in [6, 6.07) is 10.2. The molecule has 0 spiro atoms. The highest BCUT2D eigenvalue weighted by molar-refractivity contribution is 7.92. The van der Waals surface area contributed by atoms with E-state index in [1.165, 1.54) is 44.9 Å². The van der Waals surface area contributed by atoms with Crippen LogP contribution in [0.15, 0.2) is 36.4 Å². The Bertz CT molecular complexity index is 1080. The van der Waals surface area contributed by atoms with E-state index in [-0.39, 0.29) is 24.6 Å². The Balaban J connectivity index is 0.00000289. The lowest BCUT2D eigenvalue weighted by atomic mass is 9.62. The summed E-state index contributed by atoms with van der Waals surface area (Å²) in [7, 11) is -3.43. The van der Waals surface area contributed by atoms with Crippen molar-refractivity contribution in [3.63, 3.8) is 0 Å². The minimum atomic E-state index is -3.43. The van der Waals surface area contributed by atoms with E-state index in [0.717, 1.165) is 12.2 Å². The molecule has 6 nitrogen and oxygen atoms in total. The zero-order valence-electron chi connectivity index (χ0n) is 18.4. The lowest BCUT2D eigenvalue weighted by Crippen LogP contribution is -2.43. The number of carbonyl (C=O) groups excluding carboxylic acids is 1. The zero-order chi connectivity index (χ0) is 22.1. The van der Waals surface area contributed by atoms with Crippen LogP contribution < -0.4 is 10.0 Å². The molecule has 1 aromatic heterocycles. The molecule has 0 unspecified atom stereocenters. The Hall–Kier alpha value is -2.12. The lowest BCUT2D eigenvalue weighted by Gasteiger charge is -2.45. The molecule has 8 heteroatoms. The van der Waals surface area contributed by atoms with Crippen LogP contribution in [0.4, 0.5) is 5.82 Å². The number of carbonyl (C=O) groups is 1. The Morgan fingerprint density at radius 3 is 2.59 bits per heavy atom. The number of fused-ring (bicyclic) bond motifs is 2. The van der Waals surface area contributed by atoms with Crippen molar-refractivity contribution in [2.45, 2.75) is 44.9 Å². The molecule has 2 bridgehead atoms. The van der Waals surface area contributed by atoms with Crippen LogP contribution in [-0.2, 0) is 10.0 Å². The highest BCUT2D eigenvalue weighted by atomic mass is 35.5. The minimum Gasteiger partial charge on any atom is -0.351 e. The number of anilines is 1. The van der Waals surface area contributed by atoms with Gasteiger partial charge in [-0.05, 0) is 54.9 Å². The number of hydrogen-bond donors (Lipinski definition) is 2. The van der Waals surface area contributed by atoms with Gasteiger partial charge in [0.2, 0.25) is 10.0 Å². The molecule has 2 N–H and O–H groups in total. The minimum absolute atomic E-state index is 0. The van der Waals surface area contributed by atoms with Crippen molar-refractivity contribution in [2.75, 3.05) is 17.5 Å². The van der Waals surface area contributed by atoms with Crippen molar-refractivity contribution < 1.29 is 13.2 Å². The number of aromatic nitrogens is 1. The van der Waals surface area contributed by atoms with E-state index in [2.05, 4.69) is 15.0 Å². The molecule has 1 heterocycles. The van der Waals surface area contributed by atoms with Crippen molar-refractivity contribution in [1.29, 1.82) is 0 Å². The topological polar surface area (TPSA) is 88.2 Å². The van der Waals surface area contributed by atoms with Crippen LogP contribution in [0.25, 0.3) is 11.3 Å². The van der Waals surface area contributed by atoms with Crippen LogP contribution in [0.5, 0.6) is 0 Å². The molecule has 1 amide bonds. The SMILES string of the molecule is CS(=O)(=O)Nc1cccc(-c2ccc(Cl)c(C(=O)NCC34CCCC(CCC3)C4)c2)n1.[CH2]. The number of nitrogens with zero attached hydrogens (tertiary/aromatic N) is 1. The quantitative estimate of drug-likeness (QED) is 0.601. The number of rotatable bonds is 6. The van der Waals surface area contributed by atoms with Gasteiger partial charge >= 0.3 is 0 Å². The van der Waals surface area contributed by atoms with Gasteiger partial charge in [0.05, 0.1) is 22.5 Å². The highest BCUT2D eigenvalue weighted by Gasteiger charge is 2.39. The second kappa shape index (κ2) is 9.79. The molecule has 4 rings (SSSR count). The van der Waals surface area contributed by atoms with Gasteiger partial charge in [-0.2, -0.15) is 0 Å². The van der Waals surface area contributed by atoms with E-state index in [1.54, 1.807) is 36.4 Å². The number of hydrogen-bond acceptors (Lipinski definition) is 4. The van der Waals surface area contributed by atoms with Crippen molar-refractivity contribution >= 4 is 33.3 Å². The summed E-state index contributed by atoms with van der Waals surface area (Å²) in [5, 5.41) is 3.53. The molecule has 2 aliphatic carbocycles. The van der Waals surface area contributed by atoms with Crippen LogP contribution >= 0.6 is 11.6 Å². The predicted molar refractivity (Wildman–Crippen MR) is 129 cm³/mol. The van der Waals surface area contributed by atoms with Gasteiger partial charge < -0.3 is 5.32 Å². The standard InChI is InChI=1S/C23H28ClN3O3S.CH2/c1-31(29,30)27-21-8-2-7-20(26-21)17-9-10-19(24)18(13-17)22(28)25-15-23-11-3-5-16(14-23)6-4-12-23;/h2,7-10,13,16H,3-6,11-12,14-15H2,1H3,(H,25,28)(H,26,27);1H2. The highest BCUT2D eigenvalue weighted by Crippen LogP contribution is 2.48. The molecule has 32 heavy (non-hydrogen) atoms. The summed E-state index contributed by atoms with van der Waals surface area (Å²) in [6.45, 7) is 0.689. The summed E-state index contributed by atoms with van der Waals surface area (Å²) < 4.78 is 25.4. The fraction of sp³-hybridized carbons (Fsp3) is 0.458. The summed E-state index contributed by atoms with van der Waals surface area (Å²) in [5.74, 6) is 0.855. The fourth-order valence-electron chi connectivity index (χ4n) is 5.13. The average Bonchev–Trinajstić information content (AvgIpc) is 2.71. The largest absolute Gasteiger partial charge is 0.351 e. The molecule has 0 saturated heterocycles. The number of amides is 1. The van der Waals surface area contributed by atoms with Crippen LogP contribution in [0.3, 0.4) is 0 Å². The second-order valence-electron chi connectivity index (χ2n) is 9.01. The maximum atomic E-state index is 13.0. The van der Waals surface area contributed by atoms with E-state index >= 15 is 0 Å². The average molecular weight is 476 g/mol. The van der Waals surface area contributed by atoms with E-state index in [0.29, 0.717) is 28.4 Å².